The average Bonchev–Trinajstić information content (AvgIpc) is 2.45. The van der Waals surface area contributed by atoms with Gasteiger partial charge in [0.1, 0.15) is 0 Å². The normalized spacial score (nSPS) is 10.3. The molecule has 0 fully saturated rings. The lowest BCUT2D eigenvalue weighted by atomic mass is 10.1. The van der Waals surface area contributed by atoms with Crippen LogP contribution in [0.3, 0.4) is 0 Å². The Morgan fingerprint density at radius 1 is 1.15 bits per heavy atom. The fourth-order valence-electron chi connectivity index (χ4n) is 2.16. The molecule has 0 N–H and O–H groups in total. The molecule has 0 aliphatic heterocycles. The molecule has 3 heteroatoms. The Bertz CT molecular complexity index is 609. The van der Waals surface area contributed by atoms with E-state index < -0.39 is 0 Å². The highest BCUT2D eigenvalue weighted by Gasteiger charge is 2.14. The summed E-state index contributed by atoms with van der Waals surface area (Å²) in [5.41, 5.74) is 3.03. The minimum absolute atomic E-state index is 0.126. The monoisotopic (exact) mass is 331 g/mol. The number of carbonyl (C=O) groups is 1. The van der Waals surface area contributed by atoms with Gasteiger partial charge in [-0.15, -0.1) is 0 Å². The summed E-state index contributed by atoms with van der Waals surface area (Å²) in [7, 11) is 0. The molecule has 2 rings (SSSR count). The van der Waals surface area contributed by atoms with E-state index in [4.69, 9.17) is 0 Å². The molecule has 0 aromatic heterocycles. The topological polar surface area (TPSA) is 20.3 Å². The Kier molecular flexibility index (Phi) is 4.96. The van der Waals surface area contributed by atoms with Crippen LogP contribution in [0.2, 0.25) is 0 Å². The molecule has 0 heterocycles. The zero-order valence-electron chi connectivity index (χ0n) is 11.8. The second kappa shape index (κ2) is 6.71. The van der Waals surface area contributed by atoms with Crippen molar-refractivity contribution in [1.29, 1.82) is 0 Å². The van der Waals surface area contributed by atoms with Crippen molar-refractivity contribution in [3.8, 4) is 0 Å². The lowest BCUT2D eigenvalue weighted by Crippen LogP contribution is -2.29. The minimum Gasteiger partial charge on any atom is -0.364 e. The summed E-state index contributed by atoms with van der Waals surface area (Å²) in [6, 6.07) is 15.8. The van der Waals surface area contributed by atoms with Gasteiger partial charge in [-0.1, -0.05) is 46.3 Å². The van der Waals surface area contributed by atoms with E-state index in [-0.39, 0.29) is 5.78 Å². The summed E-state index contributed by atoms with van der Waals surface area (Å²) < 4.78 is 0.852. The second-order valence-electron chi connectivity index (χ2n) is 4.76. The third-order valence-corrected chi connectivity index (χ3v) is 3.95. The van der Waals surface area contributed by atoms with Gasteiger partial charge in [-0.25, -0.2) is 0 Å². The molecule has 0 unspecified atom stereocenters. The summed E-state index contributed by atoms with van der Waals surface area (Å²) in [4.78, 5) is 14.5. The highest BCUT2D eigenvalue weighted by molar-refractivity contribution is 9.10. The fourth-order valence-corrected chi connectivity index (χ4v) is 2.66. The molecule has 104 valence electrons. The number of carbonyl (C=O) groups excluding carboxylic acids is 1. The van der Waals surface area contributed by atoms with E-state index in [9.17, 15) is 4.79 Å². The predicted molar refractivity (Wildman–Crippen MR) is 87.5 cm³/mol. The van der Waals surface area contributed by atoms with E-state index in [1.165, 1.54) is 5.56 Å². The van der Waals surface area contributed by atoms with Crippen LogP contribution < -0.4 is 4.90 Å². The summed E-state index contributed by atoms with van der Waals surface area (Å²) >= 11 is 3.44. The van der Waals surface area contributed by atoms with Crippen LogP contribution >= 0.6 is 15.9 Å². The molecule has 0 radical (unpaired) electrons. The summed E-state index contributed by atoms with van der Waals surface area (Å²) in [6.45, 7) is 5.32. The summed E-state index contributed by atoms with van der Waals surface area (Å²) in [5, 5.41) is 0. The highest BCUT2D eigenvalue weighted by Crippen LogP contribution is 2.19. The van der Waals surface area contributed by atoms with E-state index in [1.54, 1.807) is 0 Å². The quantitative estimate of drug-likeness (QED) is 0.753. The molecule has 0 saturated carbocycles. The Morgan fingerprint density at radius 2 is 1.90 bits per heavy atom. The van der Waals surface area contributed by atoms with Crippen molar-refractivity contribution in [3.63, 3.8) is 0 Å². The molecular formula is C17H18BrNO. The first kappa shape index (κ1) is 14.8. The first-order valence-electron chi connectivity index (χ1n) is 6.71. The van der Waals surface area contributed by atoms with Crippen molar-refractivity contribution >= 4 is 27.4 Å². The number of aryl methyl sites for hydroxylation is 1. The van der Waals surface area contributed by atoms with Crippen LogP contribution in [0.15, 0.2) is 53.0 Å². The number of hydrogen-bond acceptors (Lipinski definition) is 2. The van der Waals surface area contributed by atoms with Gasteiger partial charge in [-0.05, 0) is 37.6 Å². The number of halogens is 1. The van der Waals surface area contributed by atoms with E-state index in [0.717, 1.165) is 22.3 Å². The lowest BCUT2D eigenvalue weighted by Gasteiger charge is -2.23. The van der Waals surface area contributed by atoms with Gasteiger partial charge in [0.05, 0.1) is 6.54 Å². The number of benzene rings is 2. The number of ketones is 1. The van der Waals surface area contributed by atoms with Crippen molar-refractivity contribution in [1.82, 2.24) is 0 Å². The van der Waals surface area contributed by atoms with E-state index in [1.807, 2.05) is 36.4 Å². The molecule has 0 atom stereocenters. The number of hydrogen-bond donors (Lipinski definition) is 0. The molecule has 2 nitrogen and oxygen atoms in total. The van der Waals surface area contributed by atoms with Gasteiger partial charge in [-0.2, -0.15) is 0 Å². The van der Waals surface area contributed by atoms with Gasteiger partial charge in [0.25, 0.3) is 0 Å². The maximum Gasteiger partial charge on any atom is 0.183 e. The number of Topliss-reactive ketones (excluding diaryl/α,β-unsaturated/α-hetero) is 1. The van der Waals surface area contributed by atoms with Crippen LogP contribution in [0.25, 0.3) is 0 Å². The van der Waals surface area contributed by atoms with E-state index in [2.05, 4.69) is 46.8 Å². The Morgan fingerprint density at radius 3 is 2.55 bits per heavy atom. The van der Waals surface area contributed by atoms with Gasteiger partial charge in [0, 0.05) is 22.3 Å². The van der Waals surface area contributed by atoms with Crippen molar-refractivity contribution in [3.05, 3.63) is 64.1 Å². The van der Waals surface area contributed by atoms with Crippen molar-refractivity contribution in [2.75, 3.05) is 18.0 Å². The molecule has 2 aromatic carbocycles. The standard InChI is InChI=1S/C17H18BrNO/c1-3-19(14-8-6-7-13(2)11-14)12-17(20)15-9-4-5-10-16(15)18/h4-11H,3,12H2,1-2H3. The zero-order valence-corrected chi connectivity index (χ0v) is 13.4. The molecule has 0 aliphatic rings. The molecule has 0 saturated heterocycles. The van der Waals surface area contributed by atoms with Crippen molar-refractivity contribution in [2.45, 2.75) is 13.8 Å². The van der Waals surface area contributed by atoms with Crippen LogP contribution in [0.4, 0.5) is 5.69 Å². The minimum atomic E-state index is 0.126. The number of rotatable bonds is 5. The SMILES string of the molecule is CCN(CC(=O)c1ccccc1Br)c1cccc(C)c1. The maximum absolute atomic E-state index is 12.4. The molecule has 0 spiro atoms. The second-order valence-corrected chi connectivity index (χ2v) is 5.61. The summed E-state index contributed by atoms with van der Waals surface area (Å²) in [6.07, 6.45) is 0. The third-order valence-electron chi connectivity index (χ3n) is 3.26. The van der Waals surface area contributed by atoms with Gasteiger partial charge in [-0.3, -0.25) is 4.79 Å². The molecule has 0 bridgehead atoms. The van der Waals surface area contributed by atoms with Crippen LogP contribution in [0, 0.1) is 6.92 Å². The van der Waals surface area contributed by atoms with Gasteiger partial charge in [0.2, 0.25) is 0 Å². The van der Waals surface area contributed by atoms with E-state index in [0.29, 0.717) is 6.54 Å². The highest BCUT2D eigenvalue weighted by atomic mass is 79.9. The number of likely N-dealkylation sites (N-methyl/N-ethyl adjacent to an activating group) is 1. The Balaban J connectivity index is 2.19. The Labute approximate surface area is 128 Å². The molecular weight excluding hydrogens is 314 g/mol. The first-order chi connectivity index (χ1) is 9.61. The zero-order chi connectivity index (χ0) is 14.5. The number of anilines is 1. The van der Waals surface area contributed by atoms with Crippen LogP contribution in [-0.4, -0.2) is 18.9 Å². The van der Waals surface area contributed by atoms with Crippen LogP contribution in [0.5, 0.6) is 0 Å². The molecule has 0 aliphatic carbocycles. The average molecular weight is 332 g/mol. The smallest absolute Gasteiger partial charge is 0.183 e. The predicted octanol–water partition coefficient (Wildman–Crippen LogP) is 4.47. The fraction of sp³-hybridized carbons (Fsp3) is 0.235. The largest absolute Gasteiger partial charge is 0.364 e. The van der Waals surface area contributed by atoms with Gasteiger partial charge >= 0.3 is 0 Å². The molecule has 20 heavy (non-hydrogen) atoms. The number of nitrogens with zero attached hydrogens (tertiary/aromatic N) is 1. The van der Waals surface area contributed by atoms with E-state index >= 15 is 0 Å². The van der Waals surface area contributed by atoms with Crippen molar-refractivity contribution < 1.29 is 4.79 Å². The summed E-state index contributed by atoms with van der Waals surface area (Å²) in [5.74, 6) is 0.126. The van der Waals surface area contributed by atoms with Crippen molar-refractivity contribution in [2.24, 2.45) is 0 Å². The van der Waals surface area contributed by atoms with Crippen LogP contribution in [0.1, 0.15) is 22.8 Å². The van der Waals surface area contributed by atoms with Crippen LogP contribution in [-0.2, 0) is 0 Å². The first-order valence-corrected chi connectivity index (χ1v) is 7.50. The lowest BCUT2D eigenvalue weighted by molar-refractivity contribution is 0.0998. The molecule has 2 aromatic rings. The third kappa shape index (κ3) is 3.48. The Hall–Kier alpha value is -1.61. The molecule has 0 amide bonds. The van der Waals surface area contributed by atoms with Gasteiger partial charge in [0.15, 0.2) is 5.78 Å². The van der Waals surface area contributed by atoms with Gasteiger partial charge < -0.3 is 4.90 Å². The maximum atomic E-state index is 12.4.